The fourth-order valence-electron chi connectivity index (χ4n) is 4.59. The van der Waals surface area contributed by atoms with Crippen molar-refractivity contribution < 1.29 is 9.18 Å². The summed E-state index contributed by atoms with van der Waals surface area (Å²) in [7, 11) is 1.96. The monoisotopic (exact) mass is 516 g/mol. The molecule has 1 aliphatic heterocycles. The van der Waals surface area contributed by atoms with Gasteiger partial charge < -0.3 is 10.2 Å². The van der Waals surface area contributed by atoms with E-state index >= 15 is 0 Å². The molecular weight excluding hydrogens is 491 g/mol. The second-order valence-corrected chi connectivity index (χ2v) is 10.2. The fourth-order valence-corrected chi connectivity index (χ4v) is 5.33. The average Bonchev–Trinajstić information content (AvgIpc) is 3.56. The van der Waals surface area contributed by atoms with E-state index in [4.69, 9.17) is 0 Å². The quantitative estimate of drug-likeness (QED) is 0.383. The summed E-state index contributed by atoms with van der Waals surface area (Å²) in [5.74, 6) is 0.358. The molecule has 1 aliphatic rings. The van der Waals surface area contributed by atoms with Crippen LogP contribution in [0.3, 0.4) is 0 Å². The molecule has 0 bridgehead atoms. The highest BCUT2D eigenvalue weighted by molar-refractivity contribution is 7.17. The van der Waals surface area contributed by atoms with Crippen LogP contribution in [0.2, 0.25) is 0 Å². The van der Waals surface area contributed by atoms with Crippen molar-refractivity contribution in [2.75, 3.05) is 31.6 Å². The number of aromatic nitrogens is 5. The molecule has 1 atom stereocenters. The molecule has 0 saturated carbocycles. The Morgan fingerprint density at radius 1 is 1.19 bits per heavy atom. The number of thiophene rings is 1. The number of nitrogens with one attached hydrogen (secondary N) is 1. The largest absolute Gasteiger partial charge is 0.353 e. The number of anilines is 1. The Kier molecular flexibility index (Phi) is 6.01. The number of aryl methyl sites for hydroxylation is 1. The molecule has 37 heavy (non-hydrogen) atoms. The van der Waals surface area contributed by atoms with Crippen LogP contribution in [0.15, 0.2) is 54.4 Å². The zero-order valence-corrected chi connectivity index (χ0v) is 21.2. The number of carbonyl (C=O) groups excluding carboxylic acids is 1. The molecule has 6 rings (SSSR count). The number of benzene rings is 1. The average molecular weight is 517 g/mol. The van der Waals surface area contributed by atoms with Gasteiger partial charge in [-0.1, -0.05) is 6.07 Å². The van der Waals surface area contributed by atoms with Crippen molar-refractivity contribution in [3.05, 3.63) is 71.5 Å². The number of piperazine rings is 1. The topological polar surface area (TPSA) is 92.1 Å². The number of likely N-dealkylation sites (N-methyl/N-ethyl adjacent to an activating group) is 1. The zero-order chi connectivity index (χ0) is 25.5. The normalized spacial score (nSPS) is 16.5. The highest BCUT2D eigenvalue weighted by atomic mass is 32.1. The van der Waals surface area contributed by atoms with Crippen LogP contribution in [0.25, 0.3) is 26.8 Å². The van der Waals surface area contributed by atoms with Crippen LogP contribution < -0.4 is 10.2 Å². The van der Waals surface area contributed by atoms with E-state index < -0.39 is 0 Å². The van der Waals surface area contributed by atoms with Crippen LogP contribution >= 0.6 is 11.3 Å². The Hall–Kier alpha value is -3.96. The van der Waals surface area contributed by atoms with Crippen LogP contribution in [0, 0.1) is 12.7 Å². The molecule has 4 aromatic heterocycles. The maximum Gasteiger partial charge on any atom is 0.239 e. The number of hydrogen-bond acceptors (Lipinski definition) is 8. The van der Waals surface area contributed by atoms with Gasteiger partial charge in [0.05, 0.1) is 28.0 Å². The van der Waals surface area contributed by atoms with E-state index in [1.807, 2.05) is 37.0 Å². The van der Waals surface area contributed by atoms with Crippen molar-refractivity contribution in [2.24, 2.45) is 0 Å². The van der Waals surface area contributed by atoms with Crippen molar-refractivity contribution in [1.29, 1.82) is 0 Å². The van der Waals surface area contributed by atoms with Gasteiger partial charge in [-0.25, -0.2) is 19.0 Å². The number of halogens is 1. The van der Waals surface area contributed by atoms with Crippen molar-refractivity contribution in [3.63, 3.8) is 0 Å². The summed E-state index contributed by atoms with van der Waals surface area (Å²) < 4.78 is 16.9. The van der Waals surface area contributed by atoms with Crippen LogP contribution in [-0.2, 0) is 11.3 Å². The lowest BCUT2D eigenvalue weighted by molar-refractivity contribution is -0.126. The van der Waals surface area contributed by atoms with E-state index in [1.54, 1.807) is 29.0 Å². The third kappa shape index (κ3) is 4.51. The molecule has 0 aliphatic carbocycles. The van der Waals surface area contributed by atoms with Gasteiger partial charge in [-0.15, -0.1) is 16.4 Å². The van der Waals surface area contributed by atoms with Gasteiger partial charge in [0, 0.05) is 32.0 Å². The fraction of sp³-hybridized carbons (Fsp3) is 0.269. The van der Waals surface area contributed by atoms with Gasteiger partial charge in [-0.2, -0.15) is 0 Å². The lowest BCUT2D eigenvalue weighted by Gasteiger charge is -2.39. The second kappa shape index (κ2) is 9.49. The molecule has 0 spiro atoms. The predicted octanol–water partition coefficient (Wildman–Crippen LogP) is 3.31. The maximum atomic E-state index is 14.1. The first-order chi connectivity index (χ1) is 18.0. The van der Waals surface area contributed by atoms with E-state index in [-0.39, 0.29) is 17.8 Å². The standard InChI is InChI=1S/C26H25FN8OS/c1-16-3-4-19(10-21(16)27)35-13-20-24(32-35)30-15-31-25(20)34-7-6-33(2)22(14-34)26(36)29-11-18-9-17-5-8-37-23(17)12-28-18/h3-5,8-10,12-13,15,22H,6-7,11,14H2,1-2H3,(H,29,36)/t22-/m1/s1. The van der Waals surface area contributed by atoms with E-state index in [0.717, 1.165) is 21.2 Å². The Balaban J connectivity index is 1.21. The van der Waals surface area contributed by atoms with Gasteiger partial charge in [0.1, 0.15) is 24.0 Å². The SMILES string of the molecule is Cc1ccc(-n2cc3c(N4CCN(C)[C@@H](C(=O)NCc5cc6ccsc6cn5)C4)ncnc3n2)cc1F. The molecule has 1 fully saturated rings. The van der Waals surface area contributed by atoms with Gasteiger partial charge >= 0.3 is 0 Å². The smallest absolute Gasteiger partial charge is 0.239 e. The molecule has 5 aromatic rings. The first-order valence-corrected chi connectivity index (χ1v) is 12.9. The minimum atomic E-state index is -0.357. The minimum absolute atomic E-state index is 0.0597. The number of amides is 1. The van der Waals surface area contributed by atoms with Gasteiger partial charge in [0.15, 0.2) is 5.65 Å². The highest BCUT2D eigenvalue weighted by Gasteiger charge is 2.31. The number of hydrogen-bond donors (Lipinski definition) is 1. The summed E-state index contributed by atoms with van der Waals surface area (Å²) in [4.78, 5) is 30.7. The third-order valence-corrected chi connectivity index (χ3v) is 7.67. The number of fused-ring (bicyclic) bond motifs is 2. The van der Waals surface area contributed by atoms with Gasteiger partial charge in [0.25, 0.3) is 0 Å². The molecule has 1 N–H and O–H groups in total. The van der Waals surface area contributed by atoms with E-state index in [2.05, 4.69) is 41.2 Å². The molecule has 1 amide bonds. The number of carbonyl (C=O) groups is 1. The Bertz CT molecular complexity index is 1620. The van der Waals surface area contributed by atoms with Crippen LogP contribution in [-0.4, -0.2) is 68.3 Å². The Morgan fingerprint density at radius 2 is 2.08 bits per heavy atom. The molecule has 1 aromatic carbocycles. The summed E-state index contributed by atoms with van der Waals surface area (Å²) in [6, 6.07) is 8.71. The molecule has 5 heterocycles. The molecular formula is C26H25FN8OS. The Labute approximate surface area is 216 Å². The summed E-state index contributed by atoms with van der Waals surface area (Å²) in [5, 5.41) is 11.5. The van der Waals surface area contributed by atoms with E-state index in [9.17, 15) is 9.18 Å². The lowest BCUT2D eigenvalue weighted by atomic mass is 10.1. The first kappa shape index (κ1) is 23.4. The van der Waals surface area contributed by atoms with E-state index in [0.29, 0.717) is 48.9 Å². The van der Waals surface area contributed by atoms with Crippen molar-refractivity contribution in [3.8, 4) is 5.69 Å². The van der Waals surface area contributed by atoms with Gasteiger partial charge in [0.2, 0.25) is 5.91 Å². The molecule has 188 valence electrons. The first-order valence-electron chi connectivity index (χ1n) is 12.0. The van der Waals surface area contributed by atoms with Crippen molar-refractivity contribution in [2.45, 2.75) is 19.5 Å². The molecule has 0 radical (unpaired) electrons. The Morgan fingerprint density at radius 3 is 2.95 bits per heavy atom. The van der Waals surface area contributed by atoms with Crippen LogP contribution in [0.1, 0.15) is 11.3 Å². The zero-order valence-electron chi connectivity index (χ0n) is 20.4. The molecule has 0 unspecified atom stereocenters. The summed E-state index contributed by atoms with van der Waals surface area (Å²) in [6.07, 6.45) is 5.14. The third-order valence-electron chi connectivity index (χ3n) is 6.81. The number of nitrogens with zero attached hydrogens (tertiary/aromatic N) is 7. The molecule has 11 heteroatoms. The predicted molar refractivity (Wildman–Crippen MR) is 141 cm³/mol. The van der Waals surface area contributed by atoms with Crippen molar-refractivity contribution >= 4 is 44.2 Å². The highest BCUT2D eigenvalue weighted by Crippen LogP contribution is 2.26. The van der Waals surface area contributed by atoms with Gasteiger partial charge in [-0.3, -0.25) is 14.7 Å². The lowest BCUT2D eigenvalue weighted by Crippen LogP contribution is -2.57. The molecule has 9 nitrogen and oxygen atoms in total. The second-order valence-electron chi connectivity index (χ2n) is 9.24. The summed E-state index contributed by atoms with van der Waals surface area (Å²) in [6.45, 7) is 3.95. The maximum absolute atomic E-state index is 14.1. The van der Waals surface area contributed by atoms with Gasteiger partial charge in [-0.05, 0) is 54.6 Å². The van der Waals surface area contributed by atoms with Crippen LogP contribution in [0.4, 0.5) is 10.2 Å². The number of rotatable bonds is 5. The van der Waals surface area contributed by atoms with Crippen molar-refractivity contribution in [1.82, 2.24) is 34.9 Å². The number of pyridine rings is 1. The van der Waals surface area contributed by atoms with Crippen LogP contribution in [0.5, 0.6) is 0 Å². The van der Waals surface area contributed by atoms with E-state index in [1.165, 1.54) is 12.4 Å². The summed E-state index contributed by atoms with van der Waals surface area (Å²) in [5.41, 5.74) is 2.52. The molecule has 1 saturated heterocycles. The minimum Gasteiger partial charge on any atom is -0.353 e. The summed E-state index contributed by atoms with van der Waals surface area (Å²) >= 11 is 1.65.